The molecule has 0 unspecified atom stereocenters. The Hall–Kier alpha value is -5.40. The number of nitrogens with one attached hydrogen (secondary N) is 1. The van der Waals surface area contributed by atoms with Crippen LogP contribution in [0.1, 0.15) is 85.7 Å². The Morgan fingerprint density at radius 2 is 0.940 bits per heavy atom. The zero-order valence-electron chi connectivity index (χ0n) is 28.5. The van der Waals surface area contributed by atoms with Crippen molar-refractivity contribution in [2.45, 2.75) is 46.0 Å². The number of hydrogen-bond donors (Lipinski definition) is 1. The van der Waals surface area contributed by atoms with Crippen LogP contribution in [0.25, 0.3) is 43.1 Å². The first-order chi connectivity index (χ1) is 24.4. The zero-order chi connectivity index (χ0) is 34.5. The molecule has 50 heavy (non-hydrogen) atoms. The van der Waals surface area contributed by atoms with E-state index >= 15 is 0 Å². The fourth-order valence-corrected chi connectivity index (χ4v) is 7.83. The van der Waals surface area contributed by atoms with Gasteiger partial charge in [-0.3, -0.25) is 29.0 Å². The molecule has 4 amide bonds. The topological polar surface area (TPSA) is 86.8 Å². The third-order valence-electron chi connectivity index (χ3n) is 10.5. The van der Waals surface area contributed by atoms with Gasteiger partial charge in [0.05, 0.1) is 0 Å². The molecule has 250 valence electrons. The second kappa shape index (κ2) is 12.8. The molecular formula is C43H39N3O4. The minimum absolute atomic E-state index is 0.236. The van der Waals surface area contributed by atoms with Gasteiger partial charge in [-0.15, -0.1) is 0 Å². The van der Waals surface area contributed by atoms with E-state index < -0.39 is 0 Å². The molecule has 0 fully saturated rings. The minimum Gasteiger partial charge on any atom is -0.317 e. The maximum atomic E-state index is 13.6. The number of fused-ring (bicyclic) bond motifs is 4. The fraction of sp³-hybridized carbons (Fsp3) is 0.256. The summed E-state index contributed by atoms with van der Waals surface area (Å²) >= 11 is 0. The Labute approximate surface area is 290 Å². The second-order valence-corrected chi connectivity index (χ2v) is 13.5. The van der Waals surface area contributed by atoms with Crippen LogP contribution in [0.3, 0.4) is 0 Å². The highest BCUT2D eigenvalue weighted by atomic mass is 16.2. The Balaban J connectivity index is 0.872. The summed E-state index contributed by atoms with van der Waals surface area (Å²) in [4.78, 5) is 57.1. The van der Waals surface area contributed by atoms with Gasteiger partial charge in [0.25, 0.3) is 23.6 Å². The third kappa shape index (κ3) is 5.15. The lowest BCUT2D eigenvalue weighted by Crippen LogP contribution is -2.41. The van der Waals surface area contributed by atoms with E-state index in [9.17, 15) is 19.2 Å². The molecule has 7 heteroatoms. The Kier molecular flexibility index (Phi) is 8.16. The first kappa shape index (κ1) is 31.8. The summed E-state index contributed by atoms with van der Waals surface area (Å²) in [6.45, 7) is 6.24. The standard InChI is InChI=1S/C43H39N3O4/c1-3-26-14-16-28-24-36-38-30(34(28)22-26)10-7-12-32(38)40(47)45(42(36)49)20-6-5-18-44-19-9-21-46-41(48)33-13-8-11-31-35-23-27(4-2)15-17-29(35)25-37(39(31)33)43(46)50/h7-8,10-17,22-25,44H,3-6,9,18-21H2,1-2H3. The van der Waals surface area contributed by atoms with Gasteiger partial charge in [0.15, 0.2) is 0 Å². The predicted octanol–water partition coefficient (Wildman–Crippen LogP) is 8.08. The van der Waals surface area contributed by atoms with Crippen molar-refractivity contribution in [3.63, 3.8) is 0 Å². The van der Waals surface area contributed by atoms with Crippen molar-refractivity contribution in [2.75, 3.05) is 26.2 Å². The van der Waals surface area contributed by atoms with Crippen molar-refractivity contribution in [2.24, 2.45) is 0 Å². The molecule has 0 spiro atoms. The number of carbonyl (C=O) groups excluding carboxylic acids is 4. The van der Waals surface area contributed by atoms with Crippen LogP contribution < -0.4 is 5.32 Å². The third-order valence-corrected chi connectivity index (χ3v) is 10.5. The van der Waals surface area contributed by atoms with Gasteiger partial charge >= 0.3 is 0 Å². The van der Waals surface area contributed by atoms with Crippen molar-refractivity contribution in [1.82, 2.24) is 15.1 Å². The molecule has 7 nitrogen and oxygen atoms in total. The summed E-state index contributed by atoms with van der Waals surface area (Å²) in [6, 6.07) is 28.0. The van der Waals surface area contributed by atoms with Crippen LogP contribution in [0, 0.1) is 0 Å². The van der Waals surface area contributed by atoms with Crippen LogP contribution in [0.15, 0.2) is 84.9 Å². The maximum Gasteiger partial charge on any atom is 0.261 e. The van der Waals surface area contributed by atoms with Crippen molar-refractivity contribution >= 4 is 66.7 Å². The predicted molar refractivity (Wildman–Crippen MR) is 199 cm³/mol. The van der Waals surface area contributed by atoms with E-state index in [1.54, 1.807) is 0 Å². The molecule has 6 aromatic rings. The highest BCUT2D eigenvalue weighted by Crippen LogP contribution is 2.37. The van der Waals surface area contributed by atoms with Crippen molar-refractivity contribution in [3.05, 3.63) is 118 Å². The summed E-state index contributed by atoms with van der Waals surface area (Å²) in [5.74, 6) is -0.961. The van der Waals surface area contributed by atoms with Crippen LogP contribution in [0.4, 0.5) is 0 Å². The average molecular weight is 662 g/mol. The van der Waals surface area contributed by atoms with E-state index in [4.69, 9.17) is 0 Å². The molecule has 8 rings (SSSR count). The first-order valence-electron chi connectivity index (χ1n) is 17.8. The van der Waals surface area contributed by atoms with E-state index in [1.165, 1.54) is 20.9 Å². The van der Waals surface area contributed by atoms with Gasteiger partial charge in [-0.1, -0.05) is 74.5 Å². The quantitative estimate of drug-likeness (QED) is 0.0862. The number of nitrogens with zero attached hydrogens (tertiary/aromatic N) is 2. The lowest BCUT2D eigenvalue weighted by Gasteiger charge is -2.28. The number of imide groups is 2. The number of unbranched alkanes of at least 4 members (excludes halogenated alkanes) is 1. The molecule has 2 aliphatic rings. The van der Waals surface area contributed by atoms with Crippen LogP contribution in [0.5, 0.6) is 0 Å². The molecule has 0 atom stereocenters. The minimum atomic E-state index is -0.245. The van der Waals surface area contributed by atoms with Crippen molar-refractivity contribution in [1.29, 1.82) is 0 Å². The molecule has 1 N–H and O–H groups in total. The molecule has 0 aromatic heterocycles. The summed E-state index contributed by atoms with van der Waals surface area (Å²) in [6.07, 6.45) is 3.89. The second-order valence-electron chi connectivity index (χ2n) is 13.5. The van der Waals surface area contributed by atoms with Gasteiger partial charge in [-0.2, -0.15) is 0 Å². The number of amides is 4. The van der Waals surface area contributed by atoms with Gasteiger partial charge in [0.1, 0.15) is 0 Å². The smallest absolute Gasteiger partial charge is 0.261 e. The molecule has 0 aliphatic carbocycles. The highest BCUT2D eigenvalue weighted by Gasteiger charge is 2.34. The molecule has 2 heterocycles. The van der Waals surface area contributed by atoms with Crippen molar-refractivity contribution in [3.8, 4) is 0 Å². The van der Waals surface area contributed by atoms with Gasteiger partial charge in [-0.25, -0.2) is 0 Å². The Morgan fingerprint density at radius 3 is 1.44 bits per heavy atom. The average Bonchev–Trinajstić information content (AvgIpc) is 3.15. The Morgan fingerprint density at radius 1 is 0.480 bits per heavy atom. The molecule has 0 bridgehead atoms. The van der Waals surface area contributed by atoms with E-state index in [0.717, 1.165) is 62.4 Å². The molecule has 2 aliphatic heterocycles. The van der Waals surface area contributed by atoms with E-state index in [1.807, 2.05) is 48.5 Å². The highest BCUT2D eigenvalue weighted by molar-refractivity contribution is 6.30. The van der Waals surface area contributed by atoms with Crippen LogP contribution >= 0.6 is 0 Å². The first-order valence-corrected chi connectivity index (χ1v) is 17.8. The molecule has 6 aromatic carbocycles. The van der Waals surface area contributed by atoms with Crippen LogP contribution in [-0.2, 0) is 12.8 Å². The summed E-state index contributed by atoms with van der Waals surface area (Å²) < 4.78 is 0. The van der Waals surface area contributed by atoms with Crippen molar-refractivity contribution < 1.29 is 19.2 Å². The SMILES string of the molecule is CCc1ccc2cc3c4c(cccc4c2c1)C(=O)N(CCCCNCCCN1C(=O)c2cccc4c2c(cc2ccc(CC)cc24)C1=O)C3=O. The van der Waals surface area contributed by atoms with E-state index in [0.29, 0.717) is 61.3 Å². The number of benzene rings is 6. The van der Waals surface area contributed by atoms with Gasteiger partial charge in [0.2, 0.25) is 0 Å². The largest absolute Gasteiger partial charge is 0.317 e. The number of aryl methyl sites for hydroxylation is 2. The molecule has 0 saturated heterocycles. The lowest BCUT2D eigenvalue weighted by atomic mass is 9.89. The molecule has 0 saturated carbocycles. The summed E-state index contributed by atoms with van der Waals surface area (Å²) in [5.41, 5.74) is 4.77. The monoisotopic (exact) mass is 661 g/mol. The Bertz CT molecular complexity index is 2240. The van der Waals surface area contributed by atoms with E-state index in [2.05, 4.69) is 55.6 Å². The van der Waals surface area contributed by atoms with Crippen LogP contribution in [0.2, 0.25) is 0 Å². The van der Waals surface area contributed by atoms with Gasteiger partial charge in [0, 0.05) is 46.1 Å². The van der Waals surface area contributed by atoms with Crippen LogP contribution in [-0.4, -0.2) is 59.6 Å². The number of carbonyl (C=O) groups is 4. The normalized spacial score (nSPS) is 14.3. The summed E-state index contributed by atoms with van der Waals surface area (Å²) in [7, 11) is 0. The molecular weight excluding hydrogens is 622 g/mol. The van der Waals surface area contributed by atoms with E-state index in [-0.39, 0.29) is 23.6 Å². The molecule has 0 radical (unpaired) electrons. The fourth-order valence-electron chi connectivity index (χ4n) is 7.83. The lowest BCUT2D eigenvalue weighted by molar-refractivity contribution is 0.0591. The van der Waals surface area contributed by atoms with Gasteiger partial charge < -0.3 is 5.32 Å². The zero-order valence-corrected chi connectivity index (χ0v) is 28.5. The van der Waals surface area contributed by atoms with Gasteiger partial charge in [-0.05, 0) is 113 Å². The maximum absolute atomic E-state index is 13.6. The summed E-state index contributed by atoms with van der Waals surface area (Å²) in [5, 5.41) is 11.0. The number of hydrogen-bond acceptors (Lipinski definition) is 5. The number of rotatable bonds is 11.